The van der Waals surface area contributed by atoms with E-state index in [4.69, 9.17) is 9.47 Å². The molecule has 2 aromatic carbocycles. The number of carbonyl (C=O) groups excluding carboxylic acids is 2. The van der Waals surface area contributed by atoms with Crippen molar-refractivity contribution >= 4 is 18.0 Å². The molecule has 34 heavy (non-hydrogen) atoms. The number of fused-ring (bicyclic) bond motifs is 3. The van der Waals surface area contributed by atoms with Crippen LogP contribution in [0.2, 0.25) is 0 Å². The minimum Gasteiger partial charge on any atom is -0.480 e. The number of morpholine rings is 1. The van der Waals surface area contributed by atoms with Crippen LogP contribution in [0.3, 0.4) is 0 Å². The first kappa shape index (κ1) is 22.4. The van der Waals surface area contributed by atoms with E-state index in [9.17, 15) is 19.5 Å². The summed E-state index contributed by atoms with van der Waals surface area (Å²) in [6.07, 6.45) is 1.35. The molecule has 3 aliphatic rings. The number of benzene rings is 2. The van der Waals surface area contributed by atoms with Crippen molar-refractivity contribution in [3.8, 4) is 11.1 Å². The van der Waals surface area contributed by atoms with Gasteiger partial charge in [-0.25, -0.2) is 9.59 Å². The third-order valence-electron chi connectivity index (χ3n) is 6.97. The molecule has 2 N–H and O–H groups in total. The van der Waals surface area contributed by atoms with Crippen molar-refractivity contribution in [2.24, 2.45) is 5.92 Å². The predicted octanol–water partition coefficient (Wildman–Crippen LogP) is 3.01. The van der Waals surface area contributed by atoms with Crippen molar-refractivity contribution in [3.63, 3.8) is 0 Å². The summed E-state index contributed by atoms with van der Waals surface area (Å²) in [6.45, 7) is 0.728. The molecule has 1 aliphatic heterocycles. The number of nitrogens with one attached hydrogen (secondary N) is 1. The minimum absolute atomic E-state index is 0.0189. The normalized spacial score (nSPS) is 20.2. The van der Waals surface area contributed by atoms with E-state index in [2.05, 4.69) is 29.6 Å². The van der Waals surface area contributed by atoms with Gasteiger partial charge in [-0.2, -0.15) is 0 Å². The quantitative estimate of drug-likeness (QED) is 0.653. The summed E-state index contributed by atoms with van der Waals surface area (Å²) in [7, 11) is 0. The average Bonchev–Trinajstić information content (AvgIpc) is 3.65. The van der Waals surface area contributed by atoms with Crippen LogP contribution in [0.5, 0.6) is 0 Å². The predicted molar refractivity (Wildman–Crippen MR) is 123 cm³/mol. The highest BCUT2D eigenvalue weighted by Gasteiger charge is 2.39. The molecule has 0 aromatic heterocycles. The van der Waals surface area contributed by atoms with Crippen LogP contribution in [0, 0.1) is 5.92 Å². The van der Waals surface area contributed by atoms with Gasteiger partial charge in [0.2, 0.25) is 5.91 Å². The first-order valence-corrected chi connectivity index (χ1v) is 11.7. The number of ether oxygens (including phenoxy) is 2. The van der Waals surface area contributed by atoms with Crippen molar-refractivity contribution in [1.29, 1.82) is 0 Å². The van der Waals surface area contributed by atoms with Crippen molar-refractivity contribution in [2.75, 3.05) is 26.4 Å². The Balaban J connectivity index is 1.21. The summed E-state index contributed by atoms with van der Waals surface area (Å²) in [5, 5.41) is 12.3. The van der Waals surface area contributed by atoms with Crippen LogP contribution >= 0.6 is 0 Å². The Morgan fingerprint density at radius 2 is 1.71 bits per heavy atom. The first-order valence-electron chi connectivity index (χ1n) is 11.7. The fraction of sp³-hybridized carbons (Fsp3) is 0.423. The SMILES string of the molecule is O=C(NC(CC(=O)N1CCOCC1C(=O)O)C1CC1)OCC1c2ccccc2-c2ccccc21. The molecule has 8 heteroatoms. The molecule has 0 bridgehead atoms. The second kappa shape index (κ2) is 9.46. The van der Waals surface area contributed by atoms with Crippen LogP contribution in [-0.2, 0) is 19.1 Å². The zero-order valence-corrected chi connectivity index (χ0v) is 18.8. The standard InChI is InChI=1S/C26H28N2O6/c29-24(28-11-12-33-15-23(28)25(30)31)13-22(16-9-10-16)27-26(32)34-14-21-19-7-3-1-5-17(19)18-6-2-4-8-20(18)21/h1-8,16,21-23H,9-15H2,(H,27,32)(H,30,31). The highest BCUT2D eigenvalue weighted by molar-refractivity contribution is 5.85. The van der Waals surface area contributed by atoms with Gasteiger partial charge in [0.15, 0.2) is 6.04 Å². The number of carbonyl (C=O) groups is 3. The second-order valence-corrected chi connectivity index (χ2v) is 9.13. The van der Waals surface area contributed by atoms with Crippen LogP contribution in [-0.4, -0.2) is 66.4 Å². The first-order chi connectivity index (χ1) is 16.5. The Labute approximate surface area is 197 Å². The van der Waals surface area contributed by atoms with Gasteiger partial charge in [0.05, 0.1) is 13.2 Å². The monoisotopic (exact) mass is 464 g/mol. The fourth-order valence-corrected chi connectivity index (χ4v) is 5.04. The summed E-state index contributed by atoms with van der Waals surface area (Å²) in [4.78, 5) is 38.5. The molecule has 5 rings (SSSR count). The van der Waals surface area contributed by atoms with Crippen molar-refractivity contribution in [1.82, 2.24) is 10.2 Å². The van der Waals surface area contributed by atoms with Crippen LogP contribution in [0.4, 0.5) is 4.79 Å². The number of hydrogen-bond donors (Lipinski definition) is 2. The molecular formula is C26H28N2O6. The summed E-state index contributed by atoms with van der Waals surface area (Å²) in [5.74, 6) is -1.20. The third-order valence-corrected chi connectivity index (χ3v) is 6.97. The molecule has 1 saturated carbocycles. The third kappa shape index (κ3) is 4.50. The molecule has 2 unspecified atom stereocenters. The lowest BCUT2D eigenvalue weighted by Crippen LogP contribution is -2.54. The van der Waals surface area contributed by atoms with E-state index in [1.54, 1.807) is 0 Å². The van der Waals surface area contributed by atoms with E-state index < -0.39 is 18.1 Å². The van der Waals surface area contributed by atoms with Gasteiger partial charge in [0.1, 0.15) is 6.61 Å². The summed E-state index contributed by atoms with van der Waals surface area (Å²) in [5.41, 5.74) is 4.59. The van der Waals surface area contributed by atoms with Gasteiger partial charge in [-0.1, -0.05) is 48.5 Å². The molecule has 1 heterocycles. The van der Waals surface area contributed by atoms with E-state index >= 15 is 0 Å². The molecule has 8 nitrogen and oxygen atoms in total. The Kier molecular flexibility index (Phi) is 6.24. The maximum Gasteiger partial charge on any atom is 0.407 e. The zero-order chi connectivity index (χ0) is 23.7. The number of hydrogen-bond acceptors (Lipinski definition) is 5. The molecule has 2 fully saturated rings. The largest absolute Gasteiger partial charge is 0.480 e. The number of alkyl carbamates (subject to hydrolysis) is 1. The van der Waals surface area contributed by atoms with Gasteiger partial charge in [-0.15, -0.1) is 0 Å². The smallest absolute Gasteiger partial charge is 0.407 e. The summed E-state index contributed by atoms with van der Waals surface area (Å²) < 4.78 is 10.9. The van der Waals surface area contributed by atoms with Gasteiger partial charge >= 0.3 is 12.1 Å². The van der Waals surface area contributed by atoms with Gasteiger partial charge < -0.3 is 24.8 Å². The molecule has 2 atom stereocenters. The Bertz CT molecular complexity index is 1050. The van der Waals surface area contributed by atoms with Gasteiger partial charge in [0.25, 0.3) is 0 Å². The van der Waals surface area contributed by atoms with Crippen LogP contribution in [0.1, 0.15) is 36.3 Å². The molecule has 0 radical (unpaired) electrons. The average molecular weight is 465 g/mol. The van der Waals surface area contributed by atoms with E-state index in [1.165, 1.54) is 4.90 Å². The number of rotatable bonds is 7. The van der Waals surface area contributed by atoms with Gasteiger partial charge in [-0.05, 0) is 41.0 Å². The Hall–Kier alpha value is -3.39. The van der Waals surface area contributed by atoms with Gasteiger partial charge in [0, 0.05) is 24.9 Å². The van der Waals surface area contributed by atoms with Crippen LogP contribution in [0.15, 0.2) is 48.5 Å². The lowest BCUT2D eigenvalue weighted by Gasteiger charge is -2.34. The molecule has 2 aliphatic carbocycles. The maximum absolute atomic E-state index is 12.9. The highest BCUT2D eigenvalue weighted by atomic mass is 16.5. The van der Waals surface area contributed by atoms with Gasteiger partial charge in [-0.3, -0.25) is 4.79 Å². The zero-order valence-electron chi connectivity index (χ0n) is 18.8. The summed E-state index contributed by atoms with van der Waals surface area (Å²) in [6, 6.07) is 14.9. The van der Waals surface area contributed by atoms with E-state index in [0.29, 0.717) is 6.61 Å². The molecule has 2 amide bonds. The maximum atomic E-state index is 12.9. The molecule has 2 aromatic rings. The number of carboxylic acids is 1. The van der Waals surface area contributed by atoms with E-state index in [0.717, 1.165) is 35.1 Å². The van der Waals surface area contributed by atoms with E-state index in [1.807, 2.05) is 24.3 Å². The van der Waals surface area contributed by atoms with Crippen molar-refractivity contribution in [2.45, 2.75) is 37.3 Å². The number of amides is 2. The number of nitrogens with zero attached hydrogens (tertiary/aromatic N) is 1. The second-order valence-electron chi connectivity index (χ2n) is 9.13. The summed E-state index contributed by atoms with van der Waals surface area (Å²) >= 11 is 0. The van der Waals surface area contributed by atoms with Crippen LogP contribution in [0.25, 0.3) is 11.1 Å². The van der Waals surface area contributed by atoms with E-state index in [-0.39, 0.29) is 50.0 Å². The Morgan fingerprint density at radius 1 is 1.06 bits per heavy atom. The molecule has 0 spiro atoms. The number of aliphatic carboxylic acids is 1. The highest BCUT2D eigenvalue weighted by Crippen LogP contribution is 2.44. The Morgan fingerprint density at radius 3 is 2.32 bits per heavy atom. The fourth-order valence-electron chi connectivity index (χ4n) is 5.04. The van der Waals surface area contributed by atoms with Crippen LogP contribution < -0.4 is 5.32 Å². The van der Waals surface area contributed by atoms with Crippen molar-refractivity contribution < 1.29 is 29.0 Å². The molecule has 1 saturated heterocycles. The van der Waals surface area contributed by atoms with Crippen molar-refractivity contribution in [3.05, 3.63) is 59.7 Å². The number of carboxylic acid groups (broad SMARTS) is 1. The minimum atomic E-state index is -1.08. The lowest BCUT2D eigenvalue weighted by molar-refractivity contribution is -0.158. The lowest BCUT2D eigenvalue weighted by atomic mass is 9.98. The molecular weight excluding hydrogens is 436 g/mol. The topological polar surface area (TPSA) is 105 Å². The molecule has 178 valence electrons.